The number of likely N-dealkylation sites (tertiary alicyclic amines) is 3. The SMILES string of the molecule is O=C(O)[C@H]1CN(/C(=C/[N+](=O)[O-])N2CCCCC2)CC[C@@H]1C(=O)N1CC[C@H](c2ccccc2)C1. The van der Waals surface area contributed by atoms with E-state index in [1.54, 1.807) is 4.90 Å². The first-order valence-electron chi connectivity index (χ1n) is 11.9. The highest BCUT2D eigenvalue weighted by atomic mass is 16.6. The van der Waals surface area contributed by atoms with Gasteiger partial charge in [-0.15, -0.1) is 0 Å². The minimum absolute atomic E-state index is 0.0988. The summed E-state index contributed by atoms with van der Waals surface area (Å²) in [6.45, 7) is 3.24. The molecule has 0 bridgehead atoms. The minimum atomic E-state index is -1.02. The van der Waals surface area contributed by atoms with Gasteiger partial charge in [0, 0.05) is 45.2 Å². The van der Waals surface area contributed by atoms with Crippen molar-refractivity contribution in [1.82, 2.24) is 14.7 Å². The number of rotatable bonds is 6. The van der Waals surface area contributed by atoms with E-state index in [0.29, 0.717) is 31.9 Å². The maximum atomic E-state index is 13.4. The number of hydrogen-bond acceptors (Lipinski definition) is 6. The Kier molecular flexibility index (Phi) is 7.15. The molecule has 3 fully saturated rings. The summed E-state index contributed by atoms with van der Waals surface area (Å²) in [5.74, 6) is -1.86. The zero-order valence-electron chi connectivity index (χ0n) is 18.8. The second-order valence-electron chi connectivity index (χ2n) is 9.29. The van der Waals surface area contributed by atoms with E-state index in [4.69, 9.17) is 0 Å². The molecule has 0 spiro atoms. The van der Waals surface area contributed by atoms with Crippen molar-refractivity contribution in [3.63, 3.8) is 0 Å². The second-order valence-corrected chi connectivity index (χ2v) is 9.29. The number of carbonyl (C=O) groups excluding carboxylic acids is 1. The molecule has 3 aliphatic rings. The van der Waals surface area contributed by atoms with Gasteiger partial charge in [-0.05, 0) is 37.7 Å². The molecule has 1 aromatic carbocycles. The van der Waals surface area contributed by atoms with Gasteiger partial charge in [0.25, 0.3) is 6.20 Å². The lowest BCUT2D eigenvalue weighted by molar-refractivity contribution is -0.405. The van der Waals surface area contributed by atoms with Gasteiger partial charge in [0.2, 0.25) is 5.91 Å². The van der Waals surface area contributed by atoms with Crippen LogP contribution in [0.4, 0.5) is 0 Å². The van der Waals surface area contributed by atoms with Crippen LogP contribution in [0.15, 0.2) is 42.4 Å². The molecule has 0 saturated carbocycles. The molecule has 178 valence electrons. The number of piperidine rings is 2. The first-order chi connectivity index (χ1) is 15.9. The van der Waals surface area contributed by atoms with Gasteiger partial charge in [0.1, 0.15) is 0 Å². The second kappa shape index (κ2) is 10.2. The Balaban J connectivity index is 1.46. The van der Waals surface area contributed by atoms with Gasteiger partial charge in [0.15, 0.2) is 5.82 Å². The van der Waals surface area contributed by atoms with Crippen LogP contribution in [0, 0.1) is 22.0 Å². The molecule has 3 atom stereocenters. The number of amides is 1. The van der Waals surface area contributed by atoms with Gasteiger partial charge in [-0.25, -0.2) is 0 Å². The van der Waals surface area contributed by atoms with Crippen LogP contribution in [-0.2, 0) is 9.59 Å². The van der Waals surface area contributed by atoms with E-state index in [-0.39, 0.29) is 18.4 Å². The van der Waals surface area contributed by atoms with E-state index in [0.717, 1.165) is 45.0 Å². The molecule has 0 unspecified atom stereocenters. The Bertz CT molecular complexity index is 899. The Morgan fingerprint density at radius 3 is 2.27 bits per heavy atom. The van der Waals surface area contributed by atoms with Crippen LogP contribution in [0.25, 0.3) is 0 Å². The summed E-state index contributed by atoms with van der Waals surface area (Å²) in [6.07, 6.45) is 5.27. The van der Waals surface area contributed by atoms with Crippen LogP contribution in [0.1, 0.15) is 43.6 Å². The molecule has 3 heterocycles. The van der Waals surface area contributed by atoms with E-state index in [9.17, 15) is 24.8 Å². The maximum absolute atomic E-state index is 13.4. The lowest BCUT2D eigenvalue weighted by atomic mass is 9.84. The van der Waals surface area contributed by atoms with Crippen molar-refractivity contribution in [3.05, 3.63) is 58.0 Å². The smallest absolute Gasteiger partial charge is 0.309 e. The average Bonchev–Trinajstić information content (AvgIpc) is 3.33. The number of carboxylic acids is 1. The van der Waals surface area contributed by atoms with Gasteiger partial charge in [0.05, 0.1) is 16.8 Å². The number of aliphatic carboxylic acids is 1. The largest absolute Gasteiger partial charge is 0.481 e. The molecule has 0 aliphatic carbocycles. The van der Waals surface area contributed by atoms with Gasteiger partial charge in [-0.1, -0.05) is 30.3 Å². The summed E-state index contributed by atoms with van der Waals surface area (Å²) in [5, 5.41) is 21.3. The molecule has 1 amide bonds. The van der Waals surface area contributed by atoms with E-state index < -0.39 is 22.7 Å². The highest BCUT2D eigenvalue weighted by Crippen LogP contribution is 2.33. The zero-order chi connectivity index (χ0) is 23.4. The van der Waals surface area contributed by atoms with Gasteiger partial charge in [-0.3, -0.25) is 19.7 Å². The summed E-state index contributed by atoms with van der Waals surface area (Å²) in [5.41, 5.74) is 1.20. The monoisotopic (exact) mass is 456 g/mol. The van der Waals surface area contributed by atoms with Crippen LogP contribution >= 0.6 is 0 Å². The number of hydrogen-bond donors (Lipinski definition) is 1. The van der Waals surface area contributed by atoms with E-state index in [1.165, 1.54) is 5.56 Å². The van der Waals surface area contributed by atoms with Gasteiger partial charge in [-0.2, -0.15) is 0 Å². The summed E-state index contributed by atoms with van der Waals surface area (Å²) >= 11 is 0. The van der Waals surface area contributed by atoms with Crippen LogP contribution in [0.5, 0.6) is 0 Å². The Morgan fingerprint density at radius 2 is 1.61 bits per heavy atom. The third-order valence-corrected chi connectivity index (χ3v) is 7.24. The van der Waals surface area contributed by atoms with Crippen LogP contribution in [0.3, 0.4) is 0 Å². The third kappa shape index (κ3) is 5.29. The number of nitrogens with zero attached hydrogens (tertiary/aromatic N) is 4. The quantitative estimate of drug-likeness (QED) is 0.518. The maximum Gasteiger partial charge on any atom is 0.309 e. The van der Waals surface area contributed by atoms with E-state index in [2.05, 4.69) is 12.1 Å². The van der Waals surface area contributed by atoms with Crippen molar-refractivity contribution in [2.45, 2.75) is 38.0 Å². The number of carbonyl (C=O) groups is 2. The van der Waals surface area contributed by atoms with Crippen molar-refractivity contribution in [2.75, 3.05) is 39.3 Å². The van der Waals surface area contributed by atoms with Crippen LogP contribution < -0.4 is 0 Å². The molecule has 0 radical (unpaired) electrons. The van der Waals surface area contributed by atoms with Crippen molar-refractivity contribution < 1.29 is 19.6 Å². The van der Waals surface area contributed by atoms with Crippen LogP contribution in [-0.4, -0.2) is 75.9 Å². The summed E-state index contributed by atoms with van der Waals surface area (Å²) < 4.78 is 0. The molecule has 9 nitrogen and oxygen atoms in total. The Labute approximate surface area is 193 Å². The first-order valence-corrected chi connectivity index (χ1v) is 11.9. The molecular formula is C24H32N4O5. The fourth-order valence-corrected chi connectivity index (χ4v) is 5.48. The van der Waals surface area contributed by atoms with Crippen molar-refractivity contribution >= 4 is 11.9 Å². The molecule has 33 heavy (non-hydrogen) atoms. The highest BCUT2D eigenvalue weighted by Gasteiger charge is 2.43. The van der Waals surface area contributed by atoms with Crippen molar-refractivity contribution in [1.29, 1.82) is 0 Å². The highest BCUT2D eigenvalue weighted by molar-refractivity contribution is 5.85. The van der Waals surface area contributed by atoms with Gasteiger partial charge >= 0.3 is 5.97 Å². The Hall–Kier alpha value is -3.10. The third-order valence-electron chi connectivity index (χ3n) is 7.24. The van der Waals surface area contributed by atoms with Gasteiger partial charge < -0.3 is 19.8 Å². The summed E-state index contributed by atoms with van der Waals surface area (Å²) in [6, 6.07) is 10.1. The molecule has 1 aromatic rings. The Morgan fingerprint density at radius 1 is 0.909 bits per heavy atom. The van der Waals surface area contributed by atoms with Crippen LogP contribution in [0.2, 0.25) is 0 Å². The molecule has 3 saturated heterocycles. The van der Waals surface area contributed by atoms with E-state index in [1.807, 2.05) is 28.0 Å². The molecule has 0 aromatic heterocycles. The molecular weight excluding hydrogens is 424 g/mol. The first kappa shape index (κ1) is 23.1. The number of carboxylic acid groups (broad SMARTS) is 1. The lowest BCUT2D eigenvalue weighted by Crippen LogP contribution is -2.51. The molecule has 9 heteroatoms. The normalized spacial score (nSPS) is 26.4. The topological polar surface area (TPSA) is 107 Å². The predicted molar refractivity (Wildman–Crippen MR) is 122 cm³/mol. The fraction of sp³-hybridized carbons (Fsp3) is 0.583. The summed E-state index contributed by atoms with van der Waals surface area (Å²) in [4.78, 5) is 42.0. The average molecular weight is 457 g/mol. The van der Waals surface area contributed by atoms with E-state index >= 15 is 0 Å². The number of nitro groups is 1. The van der Waals surface area contributed by atoms with Crippen molar-refractivity contribution in [2.24, 2.45) is 11.8 Å². The predicted octanol–water partition coefficient (Wildman–Crippen LogP) is 2.59. The lowest BCUT2D eigenvalue weighted by Gasteiger charge is -2.42. The molecule has 1 N–H and O–H groups in total. The number of benzene rings is 1. The summed E-state index contributed by atoms with van der Waals surface area (Å²) in [7, 11) is 0. The molecule has 3 aliphatic heterocycles. The standard InChI is InChI=1S/C24H32N4O5/c29-23(27-13-9-19(15-27)18-7-3-1-4-8-18)20-10-14-26(16-21(20)24(30)31)22(17-28(32)33)25-11-5-2-6-12-25/h1,3-4,7-8,17,19-21H,2,5-6,9-16H2,(H,30,31)/b22-17+/t19-,20-,21-/m0/s1. The van der Waals surface area contributed by atoms with Crippen molar-refractivity contribution in [3.8, 4) is 0 Å². The molecule has 4 rings (SSSR count). The fourth-order valence-electron chi connectivity index (χ4n) is 5.48. The minimum Gasteiger partial charge on any atom is -0.481 e. The zero-order valence-corrected chi connectivity index (χ0v) is 18.8.